The van der Waals surface area contributed by atoms with Gasteiger partial charge in [-0.3, -0.25) is 9.59 Å². The molecule has 2 aromatic carbocycles. The van der Waals surface area contributed by atoms with Crippen molar-refractivity contribution in [2.24, 2.45) is 0 Å². The number of hydrogen-bond acceptors (Lipinski definition) is 8. The second kappa shape index (κ2) is 9.94. The third-order valence-corrected chi connectivity index (χ3v) is 4.76. The SMILES string of the molecule is COc1cc(NC(=O)C(=O)NC(C)(C)CCOc2ccc(O)c(O)c2)ccc1-c1cnco1. The molecule has 4 N–H and O–H groups in total. The smallest absolute Gasteiger partial charge is 0.313 e. The lowest BCUT2D eigenvalue weighted by atomic mass is 10.0. The van der Waals surface area contributed by atoms with Crippen LogP contribution in [0.4, 0.5) is 5.69 Å². The van der Waals surface area contributed by atoms with Crippen molar-refractivity contribution in [1.82, 2.24) is 10.3 Å². The first-order valence-corrected chi connectivity index (χ1v) is 10.0. The van der Waals surface area contributed by atoms with Crippen LogP contribution in [0.1, 0.15) is 20.3 Å². The average Bonchev–Trinajstić information content (AvgIpc) is 3.30. The second-order valence-electron chi connectivity index (χ2n) is 7.82. The topological polar surface area (TPSA) is 143 Å². The van der Waals surface area contributed by atoms with E-state index in [-0.39, 0.29) is 18.1 Å². The van der Waals surface area contributed by atoms with E-state index in [1.165, 1.54) is 31.7 Å². The normalized spacial score (nSPS) is 11.0. The highest BCUT2D eigenvalue weighted by Gasteiger charge is 2.25. The van der Waals surface area contributed by atoms with Crippen LogP contribution in [-0.2, 0) is 9.59 Å². The number of anilines is 1. The highest BCUT2D eigenvalue weighted by atomic mass is 16.5. The molecule has 2 amide bonds. The zero-order valence-electron chi connectivity index (χ0n) is 18.4. The van der Waals surface area contributed by atoms with Crippen LogP contribution in [0.2, 0.25) is 0 Å². The van der Waals surface area contributed by atoms with Crippen molar-refractivity contribution in [3.63, 3.8) is 0 Å². The van der Waals surface area contributed by atoms with Crippen LogP contribution in [0.25, 0.3) is 11.3 Å². The summed E-state index contributed by atoms with van der Waals surface area (Å²) in [5.74, 6) is -0.847. The molecule has 0 saturated carbocycles. The van der Waals surface area contributed by atoms with Crippen molar-refractivity contribution < 1.29 is 33.7 Å². The van der Waals surface area contributed by atoms with Crippen molar-refractivity contribution in [3.05, 3.63) is 49.0 Å². The summed E-state index contributed by atoms with van der Waals surface area (Å²) in [4.78, 5) is 28.7. The molecule has 33 heavy (non-hydrogen) atoms. The number of phenols is 2. The minimum atomic E-state index is -0.832. The number of nitrogens with one attached hydrogen (secondary N) is 2. The number of methoxy groups -OCH3 is 1. The molecule has 10 heteroatoms. The Balaban J connectivity index is 1.54. The van der Waals surface area contributed by atoms with Gasteiger partial charge in [-0.15, -0.1) is 0 Å². The van der Waals surface area contributed by atoms with E-state index < -0.39 is 17.4 Å². The van der Waals surface area contributed by atoms with Gasteiger partial charge in [0.25, 0.3) is 0 Å². The monoisotopic (exact) mass is 455 g/mol. The van der Waals surface area contributed by atoms with Crippen molar-refractivity contribution in [2.75, 3.05) is 19.0 Å². The molecule has 0 radical (unpaired) electrons. The zero-order valence-corrected chi connectivity index (χ0v) is 18.4. The maximum atomic E-state index is 12.4. The summed E-state index contributed by atoms with van der Waals surface area (Å²) in [7, 11) is 1.48. The number of nitrogens with zero attached hydrogens (tertiary/aromatic N) is 1. The minimum Gasteiger partial charge on any atom is -0.504 e. The van der Waals surface area contributed by atoms with E-state index >= 15 is 0 Å². The Morgan fingerprint density at radius 3 is 2.55 bits per heavy atom. The second-order valence-corrected chi connectivity index (χ2v) is 7.82. The standard InChI is InChI=1S/C23H25N3O7/c1-23(2,8-9-32-15-5-7-17(27)18(28)11-15)26-22(30)21(29)25-14-4-6-16(19(10-14)31-3)20-12-24-13-33-20/h4-7,10-13,27-28H,8-9H2,1-3H3,(H,25,29)(H,26,30). The van der Waals surface area contributed by atoms with Gasteiger partial charge in [0.05, 0.1) is 25.5 Å². The molecule has 3 rings (SSSR count). The van der Waals surface area contributed by atoms with Crippen LogP contribution in [0.5, 0.6) is 23.0 Å². The molecule has 0 aliphatic carbocycles. The van der Waals surface area contributed by atoms with Gasteiger partial charge < -0.3 is 34.7 Å². The fraction of sp³-hybridized carbons (Fsp3) is 0.261. The van der Waals surface area contributed by atoms with Gasteiger partial charge in [-0.1, -0.05) is 0 Å². The summed E-state index contributed by atoms with van der Waals surface area (Å²) >= 11 is 0. The number of aromatic nitrogens is 1. The number of amides is 2. The molecular weight excluding hydrogens is 430 g/mol. The Kier molecular flexibility index (Phi) is 7.07. The van der Waals surface area contributed by atoms with E-state index in [1.807, 2.05) is 0 Å². The molecule has 0 spiro atoms. The molecule has 0 atom stereocenters. The highest BCUT2D eigenvalue weighted by Crippen LogP contribution is 2.32. The van der Waals surface area contributed by atoms with Crippen LogP contribution in [0.3, 0.4) is 0 Å². The maximum Gasteiger partial charge on any atom is 0.313 e. The summed E-state index contributed by atoms with van der Waals surface area (Å²) in [5, 5.41) is 24.1. The van der Waals surface area contributed by atoms with Crippen molar-refractivity contribution in [3.8, 4) is 34.3 Å². The fourth-order valence-corrected chi connectivity index (χ4v) is 2.95. The minimum absolute atomic E-state index is 0.208. The molecule has 0 aliphatic rings. The van der Waals surface area contributed by atoms with E-state index in [0.717, 1.165) is 0 Å². The Labute approximate surface area is 190 Å². The Morgan fingerprint density at radius 2 is 1.88 bits per heavy atom. The fourth-order valence-electron chi connectivity index (χ4n) is 2.95. The number of hydrogen-bond donors (Lipinski definition) is 4. The van der Waals surface area contributed by atoms with Crippen LogP contribution in [0, 0.1) is 0 Å². The van der Waals surface area contributed by atoms with Crippen molar-refractivity contribution >= 4 is 17.5 Å². The van der Waals surface area contributed by atoms with Gasteiger partial charge in [-0.2, -0.15) is 0 Å². The summed E-state index contributed by atoms with van der Waals surface area (Å²) < 4.78 is 16.1. The molecule has 0 unspecified atom stereocenters. The highest BCUT2D eigenvalue weighted by molar-refractivity contribution is 6.39. The molecular formula is C23H25N3O7. The van der Waals surface area contributed by atoms with Gasteiger partial charge in [0.2, 0.25) is 0 Å². The van der Waals surface area contributed by atoms with E-state index in [4.69, 9.17) is 13.9 Å². The van der Waals surface area contributed by atoms with Gasteiger partial charge in [0.1, 0.15) is 11.5 Å². The van der Waals surface area contributed by atoms with Crippen LogP contribution in [0.15, 0.2) is 53.4 Å². The van der Waals surface area contributed by atoms with Gasteiger partial charge in [-0.05, 0) is 38.1 Å². The number of ether oxygens (including phenoxy) is 2. The van der Waals surface area contributed by atoms with Crippen LogP contribution in [-0.4, -0.2) is 46.3 Å². The number of carbonyl (C=O) groups is 2. The average molecular weight is 455 g/mol. The largest absolute Gasteiger partial charge is 0.504 e. The van der Waals surface area contributed by atoms with E-state index in [2.05, 4.69) is 15.6 Å². The van der Waals surface area contributed by atoms with Crippen molar-refractivity contribution in [1.29, 1.82) is 0 Å². The van der Waals surface area contributed by atoms with Crippen molar-refractivity contribution in [2.45, 2.75) is 25.8 Å². The van der Waals surface area contributed by atoms with Crippen LogP contribution < -0.4 is 20.1 Å². The third kappa shape index (κ3) is 6.16. The summed E-state index contributed by atoms with van der Waals surface area (Å²) in [6.07, 6.45) is 3.23. The van der Waals surface area contributed by atoms with Crippen LogP contribution >= 0.6 is 0 Å². The van der Waals surface area contributed by atoms with Gasteiger partial charge in [-0.25, -0.2) is 4.98 Å². The first-order valence-electron chi connectivity index (χ1n) is 10.0. The molecule has 1 heterocycles. The number of oxazole rings is 1. The van der Waals surface area contributed by atoms with Gasteiger partial charge in [0.15, 0.2) is 23.7 Å². The lowest BCUT2D eigenvalue weighted by molar-refractivity contribution is -0.137. The molecule has 174 valence electrons. The Bertz CT molecular complexity index is 1130. The number of benzene rings is 2. The summed E-state index contributed by atoms with van der Waals surface area (Å²) in [6, 6.07) is 9.00. The van der Waals surface area contributed by atoms with E-state index in [0.29, 0.717) is 34.9 Å². The number of phenolic OH excluding ortho intramolecular Hbond substituents is 2. The third-order valence-electron chi connectivity index (χ3n) is 4.76. The van der Waals surface area contributed by atoms with Gasteiger partial charge in [0, 0.05) is 29.8 Å². The lowest BCUT2D eigenvalue weighted by Crippen LogP contribution is -2.48. The predicted molar refractivity (Wildman–Crippen MR) is 119 cm³/mol. The molecule has 10 nitrogen and oxygen atoms in total. The Hall–Kier alpha value is -4.21. The predicted octanol–water partition coefficient (Wildman–Crippen LogP) is 3.06. The molecule has 0 bridgehead atoms. The first-order chi connectivity index (χ1) is 15.7. The maximum absolute atomic E-state index is 12.4. The first kappa shape index (κ1) is 23.5. The molecule has 3 aromatic rings. The Morgan fingerprint density at radius 1 is 1.09 bits per heavy atom. The summed E-state index contributed by atoms with van der Waals surface area (Å²) in [6.45, 7) is 3.72. The number of aromatic hydroxyl groups is 2. The summed E-state index contributed by atoms with van der Waals surface area (Å²) in [5.41, 5.74) is 0.283. The molecule has 1 aromatic heterocycles. The van der Waals surface area contributed by atoms with E-state index in [9.17, 15) is 19.8 Å². The number of carbonyl (C=O) groups excluding carboxylic acids is 2. The molecule has 0 fully saturated rings. The van der Waals surface area contributed by atoms with E-state index in [1.54, 1.807) is 38.2 Å². The van der Waals surface area contributed by atoms with Gasteiger partial charge >= 0.3 is 11.8 Å². The zero-order chi connectivity index (χ0) is 24.0. The quantitative estimate of drug-likeness (QED) is 0.300. The molecule has 0 aliphatic heterocycles. The number of rotatable bonds is 8. The lowest BCUT2D eigenvalue weighted by Gasteiger charge is -2.26. The molecule has 0 saturated heterocycles.